The summed E-state index contributed by atoms with van der Waals surface area (Å²) in [5.41, 5.74) is 2.21. The maximum atomic E-state index is 5.35. The second kappa shape index (κ2) is 3.77. The van der Waals surface area contributed by atoms with Crippen molar-refractivity contribution in [2.75, 3.05) is 7.11 Å². The van der Waals surface area contributed by atoms with E-state index in [0.29, 0.717) is 0 Å². The summed E-state index contributed by atoms with van der Waals surface area (Å²) < 4.78 is 7.33. The van der Waals surface area contributed by atoms with Gasteiger partial charge in [0.2, 0.25) is 0 Å². The summed E-state index contributed by atoms with van der Waals surface area (Å²) in [7, 11) is 3.66. The fourth-order valence-electron chi connectivity index (χ4n) is 1.61. The van der Waals surface area contributed by atoms with Gasteiger partial charge in [0, 0.05) is 19.4 Å². The SMILES string of the molecule is COc1cc(C)ccc1-c1nccn1C. The lowest BCUT2D eigenvalue weighted by Gasteiger charge is -2.09. The second-order valence-electron chi connectivity index (χ2n) is 3.57. The minimum Gasteiger partial charge on any atom is -0.496 e. The quantitative estimate of drug-likeness (QED) is 0.747. The standard InChI is InChI=1S/C12H14N2O/c1-9-4-5-10(11(8-9)15-3)12-13-6-7-14(12)2/h4-8H,1-3H3. The van der Waals surface area contributed by atoms with E-state index in [1.54, 1.807) is 13.3 Å². The molecule has 0 unspecified atom stereocenters. The zero-order valence-electron chi connectivity index (χ0n) is 9.19. The first-order valence-electron chi connectivity index (χ1n) is 4.84. The lowest BCUT2D eigenvalue weighted by atomic mass is 10.1. The zero-order valence-corrected chi connectivity index (χ0v) is 9.19. The zero-order chi connectivity index (χ0) is 10.8. The highest BCUT2D eigenvalue weighted by Crippen LogP contribution is 2.28. The molecular weight excluding hydrogens is 188 g/mol. The summed E-state index contributed by atoms with van der Waals surface area (Å²) in [4.78, 5) is 4.31. The van der Waals surface area contributed by atoms with Gasteiger partial charge in [-0.15, -0.1) is 0 Å². The summed E-state index contributed by atoms with van der Waals surface area (Å²) in [5.74, 6) is 1.79. The van der Waals surface area contributed by atoms with Crippen LogP contribution in [-0.4, -0.2) is 16.7 Å². The van der Waals surface area contributed by atoms with Gasteiger partial charge in [-0.05, 0) is 24.6 Å². The lowest BCUT2D eigenvalue weighted by molar-refractivity contribution is 0.415. The van der Waals surface area contributed by atoms with E-state index in [4.69, 9.17) is 4.74 Å². The van der Waals surface area contributed by atoms with E-state index >= 15 is 0 Å². The van der Waals surface area contributed by atoms with Crippen molar-refractivity contribution in [2.24, 2.45) is 7.05 Å². The number of benzene rings is 1. The van der Waals surface area contributed by atoms with Crippen LogP contribution in [0.1, 0.15) is 5.56 Å². The second-order valence-corrected chi connectivity index (χ2v) is 3.57. The minimum atomic E-state index is 0.865. The van der Waals surface area contributed by atoms with Crippen LogP contribution in [0, 0.1) is 6.92 Å². The maximum absolute atomic E-state index is 5.35. The van der Waals surface area contributed by atoms with Gasteiger partial charge < -0.3 is 9.30 Å². The molecule has 0 fully saturated rings. The Bertz CT molecular complexity index is 474. The number of nitrogens with zero attached hydrogens (tertiary/aromatic N) is 2. The molecule has 0 saturated carbocycles. The summed E-state index contributed by atoms with van der Waals surface area (Å²) in [6.07, 6.45) is 3.71. The molecule has 0 radical (unpaired) electrons. The first kappa shape index (κ1) is 9.77. The smallest absolute Gasteiger partial charge is 0.143 e. The van der Waals surface area contributed by atoms with Crippen molar-refractivity contribution in [1.29, 1.82) is 0 Å². The van der Waals surface area contributed by atoms with E-state index in [0.717, 1.165) is 17.1 Å². The molecule has 0 amide bonds. The number of methoxy groups -OCH3 is 1. The molecule has 0 aliphatic heterocycles. The van der Waals surface area contributed by atoms with Gasteiger partial charge in [-0.3, -0.25) is 0 Å². The van der Waals surface area contributed by atoms with Crippen LogP contribution in [0.2, 0.25) is 0 Å². The predicted octanol–water partition coefficient (Wildman–Crippen LogP) is 2.40. The predicted molar refractivity (Wildman–Crippen MR) is 59.9 cm³/mol. The molecule has 0 bridgehead atoms. The molecule has 2 rings (SSSR count). The molecule has 15 heavy (non-hydrogen) atoms. The molecule has 1 aromatic carbocycles. The third-order valence-electron chi connectivity index (χ3n) is 2.42. The van der Waals surface area contributed by atoms with Crippen LogP contribution in [0.5, 0.6) is 5.75 Å². The molecule has 0 aliphatic rings. The van der Waals surface area contributed by atoms with E-state index < -0.39 is 0 Å². The van der Waals surface area contributed by atoms with Gasteiger partial charge in [-0.25, -0.2) is 4.98 Å². The molecule has 2 aromatic rings. The first-order valence-corrected chi connectivity index (χ1v) is 4.84. The molecule has 3 nitrogen and oxygen atoms in total. The molecule has 3 heteroatoms. The third-order valence-corrected chi connectivity index (χ3v) is 2.42. The molecule has 78 valence electrons. The van der Waals surface area contributed by atoms with Crippen molar-refractivity contribution in [1.82, 2.24) is 9.55 Å². The molecule has 0 spiro atoms. The van der Waals surface area contributed by atoms with Crippen LogP contribution in [0.4, 0.5) is 0 Å². The Morgan fingerprint density at radius 2 is 2.13 bits per heavy atom. The van der Waals surface area contributed by atoms with Gasteiger partial charge in [-0.1, -0.05) is 6.07 Å². The fraction of sp³-hybridized carbons (Fsp3) is 0.250. The Hall–Kier alpha value is -1.77. The van der Waals surface area contributed by atoms with Gasteiger partial charge in [-0.2, -0.15) is 0 Å². The highest BCUT2D eigenvalue weighted by Gasteiger charge is 2.09. The van der Waals surface area contributed by atoms with E-state index in [2.05, 4.69) is 11.1 Å². The van der Waals surface area contributed by atoms with E-state index in [1.165, 1.54) is 5.56 Å². The molecule has 0 N–H and O–H groups in total. The number of hydrogen-bond acceptors (Lipinski definition) is 2. The lowest BCUT2D eigenvalue weighted by Crippen LogP contribution is -1.95. The van der Waals surface area contributed by atoms with Crippen LogP contribution >= 0.6 is 0 Å². The maximum Gasteiger partial charge on any atom is 0.143 e. The largest absolute Gasteiger partial charge is 0.496 e. The fourth-order valence-corrected chi connectivity index (χ4v) is 1.61. The monoisotopic (exact) mass is 202 g/mol. The van der Waals surface area contributed by atoms with Crippen LogP contribution in [0.25, 0.3) is 11.4 Å². The van der Waals surface area contributed by atoms with Crippen molar-refractivity contribution >= 4 is 0 Å². The highest BCUT2D eigenvalue weighted by molar-refractivity contribution is 5.65. The molecule has 0 atom stereocenters. The summed E-state index contributed by atoms with van der Waals surface area (Å²) in [6.45, 7) is 2.05. The van der Waals surface area contributed by atoms with Crippen LogP contribution in [-0.2, 0) is 7.05 Å². The normalized spacial score (nSPS) is 10.3. The third kappa shape index (κ3) is 1.73. The number of ether oxygens (including phenoxy) is 1. The van der Waals surface area contributed by atoms with Gasteiger partial charge in [0.05, 0.1) is 12.7 Å². The van der Waals surface area contributed by atoms with Gasteiger partial charge in [0.15, 0.2) is 0 Å². The van der Waals surface area contributed by atoms with Crippen molar-refractivity contribution in [3.05, 3.63) is 36.2 Å². The molecule has 0 aliphatic carbocycles. The van der Waals surface area contributed by atoms with E-state index in [9.17, 15) is 0 Å². The van der Waals surface area contributed by atoms with Crippen LogP contribution in [0.15, 0.2) is 30.6 Å². The van der Waals surface area contributed by atoms with Crippen LogP contribution < -0.4 is 4.74 Å². The average Bonchev–Trinajstić information content (AvgIpc) is 2.64. The van der Waals surface area contributed by atoms with Crippen LogP contribution in [0.3, 0.4) is 0 Å². The number of aryl methyl sites for hydroxylation is 2. The van der Waals surface area contributed by atoms with Crippen molar-refractivity contribution in [3.63, 3.8) is 0 Å². The number of hydrogen-bond donors (Lipinski definition) is 0. The Balaban J connectivity index is 2.58. The first-order chi connectivity index (χ1) is 7.22. The number of aromatic nitrogens is 2. The van der Waals surface area contributed by atoms with Gasteiger partial charge in [0.25, 0.3) is 0 Å². The molecule has 0 saturated heterocycles. The van der Waals surface area contributed by atoms with Crippen molar-refractivity contribution in [2.45, 2.75) is 6.92 Å². The molecule has 1 aromatic heterocycles. The van der Waals surface area contributed by atoms with Gasteiger partial charge in [0.1, 0.15) is 11.6 Å². The number of rotatable bonds is 2. The Kier molecular flexibility index (Phi) is 2.46. The average molecular weight is 202 g/mol. The summed E-state index contributed by atoms with van der Waals surface area (Å²) in [6, 6.07) is 6.12. The topological polar surface area (TPSA) is 27.1 Å². The summed E-state index contributed by atoms with van der Waals surface area (Å²) >= 11 is 0. The van der Waals surface area contributed by atoms with E-state index in [-0.39, 0.29) is 0 Å². The van der Waals surface area contributed by atoms with Crippen molar-refractivity contribution < 1.29 is 4.74 Å². The Labute approximate surface area is 89.3 Å². The Morgan fingerprint density at radius 3 is 2.73 bits per heavy atom. The van der Waals surface area contributed by atoms with Crippen molar-refractivity contribution in [3.8, 4) is 17.1 Å². The number of imidazole rings is 1. The molecular formula is C12H14N2O. The van der Waals surface area contributed by atoms with E-state index in [1.807, 2.05) is 36.9 Å². The summed E-state index contributed by atoms with van der Waals surface area (Å²) in [5, 5.41) is 0. The van der Waals surface area contributed by atoms with Gasteiger partial charge >= 0.3 is 0 Å². The molecule has 1 heterocycles. The minimum absolute atomic E-state index is 0.865. The highest BCUT2D eigenvalue weighted by atomic mass is 16.5. The Morgan fingerprint density at radius 1 is 1.33 bits per heavy atom.